The Morgan fingerprint density at radius 1 is 1.04 bits per heavy atom. The number of amides is 1. The molecule has 142 valence electrons. The predicted molar refractivity (Wildman–Crippen MR) is 116 cm³/mol. The van der Waals surface area contributed by atoms with Gasteiger partial charge >= 0.3 is 0 Å². The maximum absolute atomic E-state index is 12.2. The second kappa shape index (κ2) is 9.52. The van der Waals surface area contributed by atoms with Gasteiger partial charge in [0.05, 0.1) is 11.8 Å². The van der Waals surface area contributed by atoms with Gasteiger partial charge in [-0.3, -0.25) is 4.79 Å². The lowest BCUT2D eigenvalue weighted by molar-refractivity contribution is 0.0952. The van der Waals surface area contributed by atoms with Crippen LogP contribution in [0.15, 0.2) is 80.8 Å². The van der Waals surface area contributed by atoms with E-state index < -0.39 is 5.91 Å². The van der Waals surface area contributed by atoms with E-state index in [1.54, 1.807) is 6.07 Å². The monoisotopic (exact) mass is 502 g/mol. The Bertz CT molecular complexity index is 1000. The molecular formula is C21H16Br2N2O3. The Morgan fingerprint density at radius 2 is 1.75 bits per heavy atom. The number of phenolic OH excluding ortho intramolecular Hbond substituents is 1. The number of halogens is 2. The van der Waals surface area contributed by atoms with E-state index in [0.717, 1.165) is 15.6 Å². The molecule has 28 heavy (non-hydrogen) atoms. The average molecular weight is 504 g/mol. The first-order valence-corrected chi connectivity index (χ1v) is 9.90. The van der Waals surface area contributed by atoms with Gasteiger partial charge in [0.25, 0.3) is 5.91 Å². The Balaban J connectivity index is 1.66. The van der Waals surface area contributed by atoms with E-state index in [2.05, 4.69) is 42.4 Å². The topological polar surface area (TPSA) is 70.9 Å². The molecule has 0 atom stereocenters. The minimum absolute atomic E-state index is 0.117. The van der Waals surface area contributed by atoms with Gasteiger partial charge in [-0.2, -0.15) is 5.10 Å². The second-order valence-electron chi connectivity index (χ2n) is 5.81. The standard InChI is InChI=1S/C21H16Br2N2O3/c22-16-7-5-14(6-8-16)13-28-20-4-2-1-3-15(20)12-24-25-21(27)18-11-17(23)9-10-19(18)26/h1-12,26H,13H2,(H,25,27)/b24-12+. The average Bonchev–Trinajstić information content (AvgIpc) is 2.70. The van der Waals surface area contributed by atoms with Crippen molar-refractivity contribution in [2.45, 2.75) is 6.61 Å². The maximum Gasteiger partial charge on any atom is 0.275 e. The van der Waals surface area contributed by atoms with Crippen LogP contribution >= 0.6 is 31.9 Å². The summed E-state index contributed by atoms with van der Waals surface area (Å²) >= 11 is 6.68. The van der Waals surface area contributed by atoms with Crippen LogP contribution in [0, 0.1) is 0 Å². The Kier molecular flexibility index (Phi) is 6.84. The van der Waals surface area contributed by atoms with Crippen molar-refractivity contribution in [3.63, 3.8) is 0 Å². The van der Waals surface area contributed by atoms with Gasteiger partial charge in [0, 0.05) is 14.5 Å². The summed E-state index contributed by atoms with van der Waals surface area (Å²) in [5.41, 5.74) is 4.30. The fourth-order valence-corrected chi connectivity index (χ4v) is 3.00. The molecule has 3 aromatic rings. The van der Waals surface area contributed by atoms with Crippen LogP contribution in [-0.2, 0) is 6.61 Å². The van der Waals surface area contributed by atoms with Crippen LogP contribution in [0.3, 0.4) is 0 Å². The first kappa shape index (κ1) is 20.1. The lowest BCUT2D eigenvalue weighted by Gasteiger charge is -2.09. The van der Waals surface area contributed by atoms with E-state index in [1.807, 2.05) is 48.5 Å². The van der Waals surface area contributed by atoms with E-state index in [-0.39, 0.29) is 11.3 Å². The van der Waals surface area contributed by atoms with Crippen molar-refractivity contribution in [2.24, 2.45) is 5.10 Å². The predicted octanol–water partition coefficient (Wildman–Crippen LogP) is 5.26. The number of benzene rings is 3. The molecule has 0 bridgehead atoms. The zero-order valence-electron chi connectivity index (χ0n) is 14.6. The highest BCUT2D eigenvalue weighted by Crippen LogP contribution is 2.22. The fraction of sp³-hybridized carbons (Fsp3) is 0.0476. The molecule has 2 N–H and O–H groups in total. The molecule has 5 nitrogen and oxygen atoms in total. The van der Waals surface area contributed by atoms with Gasteiger partial charge in [-0.1, -0.05) is 56.1 Å². The highest BCUT2D eigenvalue weighted by atomic mass is 79.9. The molecule has 1 amide bonds. The molecule has 7 heteroatoms. The van der Waals surface area contributed by atoms with Gasteiger partial charge in [0.1, 0.15) is 18.1 Å². The number of carbonyl (C=O) groups is 1. The minimum atomic E-state index is -0.511. The zero-order chi connectivity index (χ0) is 19.9. The van der Waals surface area contributed by atoms with E-state index in [1.165, 1.54) is 18.3 Å². The van der Waals surface area contributed by atoms with E-state index >= 15 is 0 Å². The molecule has 3 aromatic carbocycles. The number of para-hydroxylation sites is 1. The van der Waals surface area contributed by atoms with Gasteiger partial charge in [-0.15, -0.1) is 0 Å². The van der Waals surface area contributed by atoms with Crippen LogP contribution in [0.25, 0.3) is 0 Å². The van der Waals surface area contributed by atoms with Gasteiger partial charge in [-0.25, -0.2) is 5.43 Å². The Morgan fingerprint density at radius 3 is 2.54 bits per heavy atom. The highest BCUT2D eigenvalue weighted by molar-refractivity contribution is 9.10. The molecule has 0 saturated carbocycles. The zero-order valence-corrected chi connectivity index (χ0v) is 17.8. The number of aromatic hydroxyl groups is 1. The van der Waals surface area contributed by atoms with Crippen molar-refractivity contribution >= 4 is 44.0 Å². The molecule has 0 heterocycles. The third-order valence-corrected chi connectivity index (χ3v) is 4.82. The fourth-order valence-electron chi connectivity index (χ4n) is 2.37. The summed E-state index contributed by atoms with van der Waals surface area (Å²) in [7, 11) is 0. The number of carbonyl (C=O) groups excluding carboxylic acids is 1. The third-order valence-electron chi connectivity index (χ3n) is 3.80. The molecule has 3 rings (SSSR count). The molecule has 0 aromatic heterocycles. The van der Waals surface area contributed by atoms with Crippen LogP contribution in [-0.4, -0.2) is 17.2 Å². The number of hydrogen-bond acceptors (Lipinski definition) is 4. The number of hydrazone groups is 1. The van der Waals surface area contributed by atoms with Crippen LogP contribution in [0.5, 0.6) is 11.5 Å². The SMILES string of the molecule is O=C(N/N=C/c1ccccc1OCc1ccc(Br)cc1)c1cc(Br)ccc1O. The first-order valence-electron chi connectivity index (χ1n) is 8.31. The number of ether oxygens (including phenoxy) is 1. The molecule has 0 unspecified atom stereocenters. The van der Waals surface area contributed by atoms with Crippen molar-refractivity contribution in [3.05, 3.63) is 92.4 Å². The normalized spacial score (nSPS) is 10.8. The second-order valence-corrected chi connectivity index (χ2v) is 7.64. The van der Waals surface area contributed by atoms with Crippen LogP contribution in [0.1, 0.15) is 21.5 Å². The van der Waals surface area contributed by atoms with Gasteiger partial charge in [0.2, 0.25) is 0 Å². The number of nitrogens with one attached hydrogen (secondary N) is 1. The van der Waals surface area contributed by atoms with Crippen LogP contribution in [0.2, 0.25) is 0 Å². The van der Waals surface area contributed by atoms with E-state index in [4.69, 9.17) is 4.74 Å². The number of hydrogen-bond donors (Lipinski definition) is 2. The van der Waals surface area contributed by atoms with Gasteiger partial charge < -0.3 is 9.84 Å². The lowest BCUT2D eigenvalue weighted by Crippen LogP contribution is -2.17. The summed E-state index contributed by atoms with van der Waals surface area (Å²) in [5.74, 6) is 0.0196. The van der Waals surface area contributed by atoms with E-state index in [9.17, 15) is 9.90 Å². The third kappa shape index (κ3) is 5.43. The first-order chi connectivity index (χ1) is 13.5. The van der Waals surface area contributed by atoms with Crippen molar-refractivity contribution in [1.82, 2.24) is 5.43 Å². The maximum atomic E-state index is 12.2. The molecule has 0 radical (unpaired) electrons. The number of rotatable bonds is 6. The van der Waals surface area contributed by atoms with Gasteiger partial charge in [-0.05, 0) is 48.0 Å². The molecule has 0 fully saturated rings. The van der Waals surface area contributed by atoms with Crippen molar-refractivity contribution < 1.29 is 14.6 Å². The summed E-state index contributed by atoms with van der Waals surface area (Å²) in [6, 6.07) is 19.9. The smallest absolute Gasteiger partial charge is 0.275 e. The molecule has 0 spiro atoms. The van der Waals surface area contributed by atoms with Gasteiger partial charge in [0.15, 0.2) is 0 Å². The Labute approximate surface area is 179 Å². The summed E-state index contributed by atoms with van der Waals surface area (Å²) in [6.07, 6.45) is 1.50. The molecule has 0 aliphatic heterocycles. The van der Waals surface area contributed by atoms with Crippen LogP contribution < -0.4 is 10.2 Å². The summed E-state index contributed by atoms with van der Waals surface area (Å²) < 4.78 is 7.57. The quantitative estimate of drug-likeness (QED) is 0.356. The highest BCUT2D eigenvalue weighted by Gasteiger charge is 2.10. The largest absolute Gasteiger partial charge is 0.507 e. The van der Waals surface area contributed by atoms with Crippen molar-refractivity contribution in [2.75, 3.05) is 0 Å². The van der Waals surface area contributed by atoms with Crippen LogP contribution in [0.4, 0.5) is 0 Å². The van der Waals surface area contributed by atoms with Crippen molar-refractivity contribution in [3.8, 4) is 11.5 Å². The van der Waals surface area contributed by atoms with Crippen molar-refractivity contribution in [1.29, 1.82) is 0 Å². The number of nitrogens with zero attached hydrogens (tertiary/aromatic N) is 1. The molecule has 0 saturated heterocycles. The van der Waals surface area contributed by atoms with E-state index in [0.29, 0.717) is 16.8 Å². The molecule has 0 aliphatic rings. The Hall–Kier alpha value is -2.64. The summed E-state index contributed by atoms with van der Waals surface area (Å²) in [4.78, 5) is 12.2. The summed E-state index contributed by atoms with van der Waals surface area (Å²) in [5, 5.41) is 13.8. The summed E-state index contributed by atoms with van der Waals surface area (Å²) in [6.45, 7) is 0.413. The number of phenols is 1. The minimum Gasteiger partial charge on any atom is -0.507 e. The lowest BCUT2D eigenvalue weighted by atomic mass is 10.2. The molecule has 0 aliphatic carbocycles. The molecular weight excluding hydrogens is 488 g/mol.